The van der Waals surface area contributed by atoms with E-state index in [1.54, 1.807) is 0 Å². The second-order valence-electron chi connectivity index (χ2n) is 4.06. The summed E-state index contributed by atoms with van der Waals surface area (Å²) in [5, 5.41) is 0. The zero-order valence-electron chi connectivity index (χ0n) is 8.12. The lowest BCUT2D eigenvalue weighted by Crippen LogP contribution is -2.44. The number of piperidine rings is 1. The molecule has 0 aromatic carbocycles. The molecule has 2 N–H and O–H groups in total. The van der Waals surface area contributed by atoms with Gasteiger partial charge in [-0.05, 0) is 25.3 Å². The molecule has 74 valence electrons. The van der Waals surface area contributed by atoms with Crippen LogP contribution in [0.25, 0.3) is 0 Å². The van der Waals surface area contributed by atoms with Crippen LogP contribution in [0.4, 0.5) is 0 Å². The van der Waals surface area contributed by atoms with Gasteiger partial charge in [0.15, 0.2) is 0 Å². The SMILES string of the molecule is CC(C)CN1CCC[C@@H](N)C1.Cl. The number of likely N-dealkylation sites (tertiary alicyclic amines) is 1. The summed E-state index contributed by atoms with van der Waals surface area (Å²) in [7, 11) is 0. The van der Waals surface area contributed by atoms with E-state index in [0.717, 1.165) is 12.5 Å². The van der Waals surface area contributed by atoms with Crippen molar-refractivity contribution in [1.82, 2.24) is 4.90 Å². The average Bonchev–Trinajstić information content (AvgIpc) is 1.85. The highest BCUT2D eigenvalue weighted by molar-refractivity contribution is 5.85. The zero-order valence-corrected chi connectivity index (χ0v) is 8.94. The van der Waals surface area contributed by atoms with Gasteiger partial charge < -0.3 is 10.6 Å². The molecule has 0 bridgehead atoms. The third-order valence-electron chi connectivity index (χ3n) is 2.17. The Hall–Kier alpha value is 0.210. The summed E-state index contributed by atoms with van der Waals surface area (Å²) >= 11 is 0. The number of nitrogens with zero attached hydrogens (tertiary/aromatic N) is 1. The maximum absolute atomic E-state index is 5.86. The van der Waals surface area contributed by atoms with Crippen molar-refractivity contribution in [3.63, 3.8) is 0 Å². The predicted octanol–water partition coefficient (Wildman–Crippen LogP) is 1.49. The van der Waals surface area contributed by atoms with Crippen molar-refractivity contribution in [2.45, 2.75) is 32.7 Å². The van der Waals surface area contributed by atoms with Crippen molar-refractivity contribution in [3.8, 4) is 0 Å². The number of rotatable bonds is 2. The highest BCUT2D eigenvalue weighted by atomic mass is 35.5. The van der Waals surface area contributed by atoms with Crippen LogP contribution in [0, 0.1) is 5.92 Å². The molecule has 1 rings (SSSR count). The van der Waals surface area contributed by atoms with Gasteiger partial charge in [0.05, 0.1) is 0 Å². The third kappa shape index (κ3) is 4.29. The third-order valence-corrected chi connectivity index (χ3v) is 2.17. The molecule has 3 heteroatoms. The van der Waals surface area contributed by atoms with Crippen molar-refractivity contribution in [3.05, 3.63) is 0 Å². The van der Waals surface area contributed by atoms with Gasteiger partial charge in [-0.2, -0.15) is 0 Å². The van der Waals surface area contributed by atoms with Gasteiger partial charge in [-0.3, -0.25) is 0 Å². The van der Waals surface area contributed by atoms with Gasteiger partial charge in [-0.15, -0.1) is 12.4 Å². The van der Waals surface area contributed by atoms with Gasteiger partial charge in [-0.25, -0.2) is 0 Å². The first-order chi connectivity index (χ1) is 5.18. The Morgan fingerprint density at radius 2 is 2.17 bits per heavy atom. The molecule has 1 saturated heterocycles. The van der Waals surface area contributed by atoms with E-state index in [1.165, 1.54) is 25.9 Å². The summed E-state index contributed by atoms with van der Waals surface area (Å²) in [6, 6.07) is 0.433. The Morgan fingerprint density at radius 1 is 1.50 bits per heavy atom. The van der Waals surface area contributed by atoms with Gasteiger partial charge in [-0.1, -0.05) is 13.8 Å². The first kappa shape index (κ1) is 12.2. The fourth-order valence-corrected chi connectivity index (χ4v) is 1.77. The van der Waals surface area contributed by atoms with Crippen LogP contribution in [0.5, 0.6) is 0 Å². The molecule has 2 nitrogen and oxygen atoms in total. The van der Waals surface area contributed by atoms with E-state index >= 15 is 0 Å². The topological polar surface area (TPSA) is 29.3 Å². The molecule has 0 saturated carbocycles. The second-order valence-corrected chi connectivity index (χ2v) is 4.06. The van der Waals surface area contributed by atoms with Crippen LogP contribution in [0.1, 0.15) is 26.7 Å². The van der Waals surface area contributed by atoms with Crippen molar-refractivity contribution in [2.75, 3.05) is 19.6 Å². The Morgan fingerprint density at radius 3 is 2.67 bits per heavy atom. The van der Waals surface area contributed by atoms with Crippen molar-refractivity contribution in [2.24, 2.45) is 11.7 Å². The van der Waals surface area contributed by atoms with E-state index in [1.807, 2.05) is 0 Å². The highest BCUT2D eigenvalue weighted by Crippen LogP contribution is 2.09. The molecule has 1 atom stereocenters. The molecule has 12 heavy (non-hydrogen) atoms. The Kier molecular flexibility index (Phi) is 5.89. The van der Waals surface area contributed by atoms with Gasteiger partial charge >= 0.3 is 0 Å². The van der Waals surface area contributed by atoms with Crippen molar-refractivity contribution < 1.29 is 0 Å². The molecule has 0 aromatic rings. The molecule has 0 amide bonds. The smallest absolute Gasteiger partial charge is 0.0168 e. The lowest BCUT2D eigenvalue weighted by Gasteiger charge is -2.31. The van der Waals surface area contributed by atoms with Crippen LogP contribution < -0.4 is 5.73 Å². The van der Waals surface area contributed by atoms with Gasteiger partial charge in [0.1, 0.15) is 0 Å². The predicted molar refractivity (Wildman–Crippen MR) is 55.7 cm³/mol. The quantitative estimate of drug-likeness (QED) is 0.719. The van der Waals surface area contributed by atoms with Crippen LogP contribution in [0.3, 0.4) is 0 Å². The maximum Gasteiger partial charge on any atom is 0.0168 e. The van der Waals surface area contributed by atoms with Gasteiger partial charge in [0.2, 0.25) is 0 Å². The van der Waals surface area contributed by atoms with Crippen LogP contribution in [0.2, 0.25) is 0 Å². The monoisotopic (exact) mass is 192 g/mol. The molecule has 1 fully saturated rings. The van der Waals surface area contributed by atoms with Gasteiger partial charge in [0, 0.05) is 19.1 Å². The molecule has 0 spiro atoms. The van der Waals surface area contributed by atoms with Crippen LogP contribution >= 0.6 is 12.4 Å². The summed E-state index contributed by atoms with van der Waals surface area (Å²) < 4.78 is 0. The lowest BCUT2D eigenvalue weighted by molar-refractivity contribution is 0.189. The molecule has 1 aliphatic heterocycles. The van der Waals surface area contributed by atoms with Crippen LogP contribution in [-0.4, -0.2) is 30.6 Å². The molecular formula is C9H21ClN2. The normalized spacial score (nSPS) is 25.5. The molecule has 0 radical (unpaired) electrons. The summed E-state index contributed by atoms with van der Waals surface area (Å²) in [5.41, 5.74) is 5.86. The standard InChI is InChI=1S/C9H20N2.ClH/c1-8(2)6-11-5-3-4-9(10)7-11;/h8-9H,3-7,10H2,1-2H3;1H/t9-;/m1./s1. The molecule has 1 heterocycles. The van der Waals surface area contributed by atoms with E-state index in [0.29, 0.717) is 6.04 Å². The van der Waals surface area contributed by atoms with E-state index in [2.05, 4.69) is 18.7 Å². The van der Waals surface area contributed by atoms with E-state index in [-0.39, 0.29) is 12.4 Å². The summed E-state index contributed by atoms with van der Waals surface area (Å²) in [5.74, 6) is 0.778. The van der Waals surface area contributed by atoms with Gasteiger partial charge in [0.25, 0.3) is 0 Å². The molecular weight excluding hydrogens is 172 g/mol. The summed E-state index contributed by atoms with van der Waals surface area (Å²) in [4.78, 5) is 2.48. The fraction of sp³-hybridized carbons (Fsp3) is 1.00. The minimum absolute atomic E-state index is 0. The van der Waals surface area contributed by atoms with Crippen LogP contribution in [0.15, 0.2) is 0 Å². The Labute approximate surface area is 81.9 Å². The first-order valence-corrected chi connectivity index (χ1v) is 4.66. The maximum atomic E-state index is 5.86. The highest BCUT2D eigenvalue weighted by Gasteiger charge is 2.16. The van der Waals surface area contributed by atoms with Crippen LogP contribution in [-0.2, 0) is 0 Å². The Balaban J connectivity index is 0.00000121. The zero-order chi connectivity index (χ0) is 8.27. The number of hydrogen-bond donors (Lipinski definition) is 1. The molecule has 0 unspecified atom stereocenters. The van der Waals surface area contributed by atoms with E-state index < -0.39 is 0 Å². The molecule has 1 aliphatic rings. The summed E-state index contributed by atoms with van der Waals surface area (Å²) in [6.07, 6.45) is 2.50. The first-order valence-electron chi connectivity index (χ1n) is 4.66. The minimum Gasteiger partial charge on any atom is -0.327 e. The average molecular weight is 193 g/mol. The minimum atomic E-state index is 0. The fourth-order valence-electron chi connectivity index (χ4n) is 1.77. The number of halogens is 1. The second kappa shape index (κ2) is 5.79. The Bertz CT molecular complexity index is 115. The van der Waals surface area contributed by atoms with E-state index in [9.17, 15) is 0 Å². The van der Waals surface area contributed by atoms with Crippen molar-refractivity contribution in [1.29, 1.82) is 0 Å². The van der Waals surface area contributed by atoms with Crippen molar-refractivity contribution >= 4 is 12.4 Å². The molecule has 0 aliphatic carbocycles. The largest absolute Gasteiger partial charge is 0.327 e. The lowest BCUT2D eigenvalue weighted by atomic mass is 10.1. The number of hydrogen-bond acceptors (Lipinski definition) is 2. The number of nitrogens with two attached hydrogens (primary N) is 1. The summed E-state index contributed by atoms with van der Waals surface area (Å²) in [6.45, 7) is 8.11. The van der Waals surface area contributed by atoms with E-state index in [4.69, 9.17) is 5.73 Å². The molecule has 0 aromatic heterocycles.